The Balaban J connectivity index is 1.73. The van der Waals surface area contributed by atoms with Crippen LogP contribution < -0.4 is 9.92 Å². The topological polar surface area (TPSA) is 107 Å². The highest BCUT2D eigenvalue weighted by molar-refractivity contribution is 9.10. The summed E-state index contributed by atoms with van der Waals surface area (Å²) in [4.78, 5) is 18.5. The number of nitrogens with zero attached hydrogens (tertiary/aromatic N) is 3. The molecule has 0 bridgehead atoms. The quantitative estimate of drug-likeness (QED) is 0.557. The number of imidazole rings is 1. The van der Waals surface area contributed by atoms with Gasteiger partial charge in [0.1, 0.15) is 10.4 Å². The zero-order chi connectivity index (χ0) is 20.2. The van der Waals surface area contributed by atoms with Crippen LogP contribution >= 0.6 is 27.3 Å². The second-order valence-electron chi connectivity index (χ2n) is 6.76. The van der Waals surface area contributed by atoms with Crippen LogP contribution in [0.25, 0.3) is 4.96 Å². The Morgan fingerprint density at radius 1 is 1.39 bits per heavy atom. The zero-order valence-electron chi connectivity index (χ0n) is 15.0. The maximum absolute atomic E-state index is 12.9. The molecule has 2 heterocycles. The summed E-state index contributed by atoms with van der Waals surface area (Å²) in [5, 5.41) is 1.68. The van der Waals surface area contributed by atoms with Gasteiger partial charge in [0, 0.05) is 17.6 Å². The van der Waals surface area contributed by atoms with Crippen molar-refractivity contribution in [3.63, 3.8) is 0 Å². The average Bonchev–Trinajstić information content (AvgIpc) is 3.25. The highest BCUT2D eigenvalue weighted by atomic mass is 79.9. The molecule has 8 nitrogen and oxygen atoms in total. The van der Waals surface area contributed by atoms with Gasteiger partial charge in [0.15, 0.2) is 4.96 Å². The van der Waals surface area contributed by atoms with Crippen LogP contribution in [0.15, 0.2) is 39.4 Å². The molecule has 148 valence electrons. The lowest BCUT2D eigenvalue weighted by Gasteiger charge is -2.20. The van der Waals surface area contributed by atoms with Crippen LogP contribution in [-0.4, -0.2) is 42.7 Å². The number of hydrogen-bond donors (Lipinski definition) is 1. The lowest BCUT2D eigenvalue weighted by molar-refractivity contribution is -0.119. The molecule has 1 aliphatic rings. The number of aromatic nitrogens is 2. The minimum absolute atomic E-state index is 0.0518. The van der Waals surface area contributed by atoms with E-state index < -0.39 is 21.9 Å². The zero-order valence-corrected chi connectivity index (χ0v) is 18.2. The SMILES string of the molecule is CN(C)C1CC(C(N)=O)c2ccc(OS(=O)(=O)c3c(Br)nc4sccn34)cc21. The molecule has 28 heavy (non-hydrogen) atoms. The van der Waals surface area contributed by atoms with E-state index in [0.29, 0.717) is 11.4 Å². The molecule has 3 aromatic rings. The molecule has 1 aliphatic carbocycles. The maximum Gasteiger partial charge on any atom is 0.358 e. The summed E-state index contributed by atoms with van der Waals surface area (Å²) in [6.45, 7) is 0. The Hall–Kier alpha value is -1.95. The summed E-state index contributed by atoms with van der Waals surface area (Å²) in [5.41, 5.74) is 7.19. The van der Waals surface area contributed by atoms with Crippen LogP contribution in [-0.2, 0) is 14.9 Å². The second-order valence-corrected chi connectivity index (χ2v) is 9.85. The molecule has 0 aliphatic heterocycles. The molecular formula is C17H17BrN4O4S2. The lowest BCUT2D eigenvalue weighted by atomic mass is 10.0. The first-order chi connectivity index (χ1) is 13.2. The number of carbonyl (C=O) groups is 1. The molecule has 1 amide bonds. The molecule has 2 unspecified atom stereocenters. The largest absolute Gasteiger partial charge is 0.378 e. The van der Waals surface area contributed by atoms with Gasteiger partial charge in [0.05, 0.1) is 5.92 Å². The van der Waals surface area contributed by atoms with E-state index in [1.807, 2.05) is 19.0 Å². The van der Waals surface area contributed by atoms with Gasteiger partial charge >= 0.3 is 10.1 Å². The predicted octanol–water partition coefficient (Wildman–Crippen LogP) is 2.50. The first-order valence-corrected chi connectivity index (χ1v) is 11.4. The van der Waals surface area contributed by atoms with Crippen molar-refractivity contribution in [3.8, 4) is 5.75 Å². The van der Waals surface area contributed by atoms with Crippen molar-refractivity contribution in [3.05, 3.63) is 45.5 Å². The van der Waals surface area contributed by atoms with Gasteiger partial charge in [0.2, 0.25) is 10.9 Å². The van der Waals surface area contributed by atoms with Crippen molar-refractivity contribution in [2.45, 2.75) is 23.4 Å². The van der Waals surface area contributed by atoms with Crippen molar-refractivity contribution in [2.75, 3.05) is 14.1 Å². The third kappa shape index (κ3) is 3.11. The van der Waals surface area contributed by atoms with E-state index in [4.69, 9.17) is 9.92 Å². The molecule has 2 aromatic heterocycles. The second kappa shape index (κ2) is 6.83. The summed E-state index contributed by atoms with van der Waals surface area (Å²) in [6, 6.07) is 4.87. The smallest absolute Gasteiger partial charge is 0.358 e. The van der Waals surface area contributed by atoms with Crippen LogP contribution in [0.4, 0.5) is 0 Å². The molecular weight excluding hydrogens is 468 g/mol. The number of halogens is 1. The van der Waals surface area contributed by atoms with Crippen molar-refractivity contribution in [2.24, 2.45) is 5.73 Å². The molecule has 0 radical (unpaired) electrons. The van der Waals surface area contributed by atoms with Gasteiger partial charge in [-0.3, -0.25) is 9.20 Å². The van der Waals surface area contributed by atoms with Crippen LogP contribution in [0, 0.1) is 0 Å². The molecule has 0 saturated heterocycles. The summed E-state index contributed by atoms with van der Waals surface area (Å²) in [6.07, 6.45) is 2.17. The van der Waals surface area contributed by atoms with E-state index in [9.17, 15) is 13.2 Å². The van der Waals surface area contributed by atoms with Crippen molar-refractivity contribution < 1.29 is 17.4 Å². The fourth-order valence-electron chi connectivity index (χ4n) is 3.57. The Morgan fingerprint density at radius 2 is 2.14 bits per heavy atom. The number of thiazole rings is 1. The molecule has 2 atom stereocenters. The number of hydrogen-bond acceptors (Lipinski definition) is 7. The minimum Gasteiger partial charge on any atom is -0.378 e. The number of primary amides is 1. The van der Waals surface area contributed by atoms with E-state index in [-0.39, 0.29) is 21.4 Å². The number of fused-ring (bicyclic) bond motifs is 2. The normalized spacial score (nSPS) is 19.3. The molecule has 0 fully saturated rings. The Bertz CT molecular complexity index is 1190. The van der Waals surface area contributed by atoms with Crippen molar-refractivity contribution in [1.29, 1.82) is 0 Å². The van der Waals surface area contributed by atoms with Crippen LogP contribution in [0.3, 0.4) is 0 Å². The summed E-state index contributed by atoms with van der Waals surface area (Å²) < 4.78 is 32.8. The first kappa shape index (κ1) is 19.4. The minimum atomic E-state index is -4.13. The van der Waals surface area contributed by atoms with Gasteiger partial charge in [-0.2, -0.15) is 8.42 Å². The van der Waals surface area contributed by atoms with Crippen LogP contribution in [0.1, 0.15) is 29.5 Å². The third-order valence-corrected chi connectivity index (χ3v) is 7.69. The maximum atomic E-state index is 12.9. The number of amides is 1. The Kier molecular flexibility index (Phi) is 4.73. The third-order valence-electron chi connectivity index (χ3n) is 4.84. The predicted molar refractivity (Wildman–Crippen MR) is 108 cm³/mol. The van der Waals surface area contributed by atoms with E-state index in [1.165, 1.54) is 15.7 Å². The number of benzene rings is 1. The number of rotatable bonds is 5. The number of carbonyl (C=O) groups excluding carboxylic acids is 1. The summed E-state index contributed by atoms with van der Waals surface area (Å²) in [7, 11) is -0.324. The van der Waals surface area contributed by atoms with Crippen molar-refractivity contribution >= 4 is 48.3 Å². The van der Waals surface area contributed by atoms with E-state index in [0.717, 1.165) is 11.1 Å². The standard InChI is InChI=1S/C17H17BrN4O4S2/c1-21(2)13-8-12(15(19)23)10-4-3-9(7-11(10)13)26-28(24,25)16-14(18)20-17-22(16)5-6-27-17/h3-7,12-13H,8H2,1-2H3,(H2,19,23). The monoisotopic (exact) mass is 484 g/mol. The Labute approximate surface area is 174 Å². The van der Waals surface area contributed by atoms with Gasteiger partial charge in [-0.1, -0.05) is 6.07 Å². The molecule has 0 spiro atoms. The number of nitrogens with two attached hydrogens (primary N) is 1. The molecule has 2 N–H and O–H groups in total. The van der Waals surface area contributed by atoms with Gasteiger partial charge < -0.3 is 14.8 Å². The van der Waals surface area contributed by atoms with E-state index in [2.05, 4.69) is 20.9 Å². The fourth-order valence-corrected chi connectivity index (χ4v) is 6.49. The van der Waals surface area contributed by atoms with E-state index in [1.54, 1.807) is 29.8 Å². The highest BCUT2D eigenvalue weighted by Crippen LogP contribution is 2.44. The summed E-state index contributed by atoms with van der Waals surface area (Å²) in [5.74, 6) is -0.620. The summed E-state index contributed by atoms with van der Waals surface area (Å²) >= 11 is 4.52. The van der Waals surface area contributed by atoms with Gasteiger partial charge in [-0.15, -0.1) is 11.3 Å². The van der Waals surface area contributed by atoms with Crippen molar-refractivity contribution in [1.82, 2.24) is 14.3 Å². The van der Waals surface area contributed by atoms with Gasteiger partial charge in [-0.25, -0.2) is 4.98 Å². The van der Waals surface area contributed by atoms with E-state index >= 15 is 0 Å². The van der Waals surface area contributed by atoms with Crippen LogP contribution in [0.5, 0.6) is 5.75 Å². The molecule has 1 aromatic carbocycles. The Morgan fingerprint density at radius 3 is 2.82 bits per heavy atom. The average molecular weight is 485 g/mol. The lowest BCUT2D eigenvalue weighted by Crippen LogP contribution is -2.21. The molecule has 11 heteroatoms. The fraction of sp³-hybridized carbons (Fsp3) is 0.294. The molecule has 0 saturated carbocycles. The van der Waals surface area contributed by atoms with Gasteiger partial charge in [-0.05, 0) is 59.7 Å². The van der Waals surface area contributed by atoms with Gasteiger partial charge in [0.25, 0.3) is 0 Å². The first-order valence-electron chi connectivity index (χ1n) is 8.34. The highest BCUT2D eigenvalue weighted by Gasteiger charge is 2.36. The van der Waals surface area contributed by atoms with Crippen LogP contribution in [0.2, 0.25) is 0 Å². The molecule has 4 rings (SSSR count).